The standard InChI is InChI=1S/C59H47N/c1-57(2)33-34-58(3,4)56-46(28-18-32-52(56)57)48-36-47-44-26-14-17-31-51(44)59(49-29-15-12-24-42(49)43-25-13-16-30-50(43)59)53(47)37-55(48)60(39-20-6-5-7-21-39)54-35-38-19-8-9-22-40(38)41-23-10-11-27-45(41)54/h5-32,35-37H,33-34H2,1-4H3. The van der Waals surface area contributed by atoms with Gasteiger partial charge in [-0.3, -0.25) is 0 Å². The van der Waals surface area contributed by atoms with E-state index in [0.717, 1.165) is 12.1 Å². The number of anilines is 3. The lowest BCUT2D eigenvalue weighted by molar-refractivity contribution is 0.333. The summed E-state index contributed by atoms with van der Waals surface area (Å²) in [4.78, 5) is 2.59. The van der Waals surface area contributed by atoms with E-state index in [4.69, 9.17) is 0 Å². The van der Waals surface area contributed by atoms with Gasteiger partial charge in [-0.2, -0.15) is 0 Å². The summed E-state index contributed by atoms with van der Waals surface area (Å²) in [5.41, 5.74) is 19.4. The summed E-state index contributed by atoms with van der Waals surface area (Å²) in [7, 11) is 0. The van der Waals surface area contributed by atoms with Gasteiger partial charge >= 0.3 is 0 Å². The average Bonchev–Trinajstić information content (AvgIpc) is 3.75. The van der Waals surface area contributed by atoms with Crippen LogP contribution in [0.5, 0.6) is 0 Å². The van der Waals surface area contributed by atoms with Crippen molar-refractivity contribution in [2.75, 3.05) is 4.90 Å². The summed E-state index contributed by atoms with van der Waals surface area (Å²) < 4.78 is 0. The van der Waals surface area contributed by atoms with Crippen LogP contribution in [0, 0.1) is 0 Å². The highest BCUT2D eigenvalue weighted by Gasteiger charge is 2.52. The SMILES string of the molecule is CC1(C)CCC(C)(C)c2c(-c3cc4c(cc3N(c3ccccc3)c3cc5ccccc5c5ccccc35)C3(c5ccccc5-c5ccccc53)c3ccccc3-4)cccc21. The van der Waals surface area contributed by atoms with Gasteiger partial charge in [0.2, 0.25) is 0 Å². The fraction of sp³-hybridized carbons (Fsp3) is 0.153. The summed E-state index contributed by atoms with van der Waals surface area (Å²) in [5.74, 6) is 0. The van der Waals surface area contributed by atoms with Gasteiger partial charge in [0.1, 0.15) is 0 Å². The Balaban J connectivity index is 1.27. The van der Waals surface area contributed by atoms with E-state index in [9.17, 15) is 0 Å². The predicted molar refractivity (Wildman–Crippen MR) is 253 cm³/mol. The fourth-order valence-electron chi connectivity index (χ4n) is 11.7. The van der Waals surface area contributed by atoms with Crippen LogP contribution in [0.25, 0.3) is 54.9 Å². The molecule has 0 atom stereocenters. The lowest BCUT2D eigenvalue weighted by atomic mass is 9.61. The van der Waals surface area contributed by atoms with Gasteiger partial charge in [-0.15, -0.1) is 0 Å². The van der Waals surface area contributed by atoms with E-state index < -0.39 is 5.41 Å². The molecule has 60 heavy (non-hydrogen) atoms. The van der Waals surface area contributed by atoms with Crippen LogP contribution >= 0.6 is 0 Å². The van der Waals surface area contributed by atoms with Gasteiger partial charge in [-0.05, 0) is 131 Å². The second-order valence-electron chi connectivity index (χ2n) is 18.6. The smallest absolute Gasteiger partial charge is 0.0726 e. The van der Waals surface area contributed by atoms with Gasteiger partial charge in [-0.1, -0.05) is 185 Å². The van der Waals surface area contributed by atoms with Crippen molar-refractivity contribution in [2.45, 2.75) is 56.8 Å². The lowest BCUT2D eigenvalue weighted by Crippen LogP contribution is -2.34. The summed E-state index contributed by atoms with van der Waals surface area (Å²) in [5, 5.41) is 5.00. The number of benzene rings is 9. The van der Waals surface area contributed by atoms with Crippen molar-refractivity contribution in [3.63, 3.8) is 0 Å². The van der Waals surface area contributed by atoms with Crippen molar-refractivity contribution in [3.8, 4) is 33.4 Å². The van der Waals surface area contributed by atoms with Crippen LogP contribution in [-0.4, -0.2) is 0 Å². The maximum atomic E-state index is 2.61. The molecule has 0 saturated carbocycles. The third-order valence-electron chi connectivity index (χ3n) is 14.5. The number of para-hydroxylation sites is 1. The Morgan fingerprint density at radius 1 is 0.350 bits per heavy atom. The first-order valence-corrected chi connectivity index (χ1v) is 21.7. The molecule has 1 spiro atoms. The first-order valence-electron chi connectivity index (χ1n) is 21.7. The topological polar surface area (TPSA) is 3.24 Å². The van der Waals surface area contributed by atoms with Crippen molar-refractivity contribution < 1.29 is 0 Å². The molecule has 0 fully saturated rings. The van der Waals surface area contributed by atoms with E-state index in [0.29, 0.717) is 0 Å². The molecular formula is C59H47N. The molecule has 0 unspecified atom stereocenters. The number of hydrogen-bond donors (Lipinski definition) is 0. The van der Waals surface area contributed by atoms with Crippen LogP contribution in [0.3, 0.4) is 0 Å². The van der Waals surface area contributed by atoms with Crippen LogP contribution in [0.1, 0.15) is 73.9 Å². The van der Waals surface area contributed by atoms with Crippen molar-refractivity contribution in [1.29, 1.82) is 0 Å². The molecule has 0 aromatic heterocycles. The molecule has 0 heterocycles. The molecule has 0 saturated heterocycles. The normalized spacial score (nSPS) is 15.9. The highest BCUT2D eigenvalue weighted by Crippen LogP contribution is 2.65. The molecule has 9 aromatic rings. The second-order valence-corrected chi connectivity index (χ2v) is 18.6. The average molecular weight is 770 g/mol. The molecule has 288 valence electrons. The Morgan fingerprint density at radius 2 is 0.867 bits per heavy atom. The summed E-state index contributed by atoms with van der Waals surface area (Å²) in [6.07, 6.45) is 2.31. The maximum absolute atomic E-state index is 2.61. The zero-order chi connectivity index (χ0) is 40.4. The van der Waals surface area contributed by atoms with Crippen molar-refractivity contribution in [2.24, 2.45) is 0 Å². The predicted octanol–water partition coefficient (Wildman–Crippen LogP) is 15.8. The van der Waals surface area contributed by atoms with E-state index in [2.05, 4.69) is 221 Å². The minimum Gasteiger partial charge on any atom is -0.309 e. The summed E-state index contributed by atoms with van der Waals surface area (Å²) in [6.45, 7) is 9.84. The molecule has 0 aliphatic heterocycles. The number of hydrogen-bond acceptors (Lipinski definition) is 1. The lowest BCUT2D eigenvalue weighted by Gasteiger charge is -2.43. The zero-order valence-electron chi connectivity index (χ0n) is 34.8. The zero-order valence-corrected chi connectivity index (χ0v) is 34.8. The van der Waals surface area contributed by atoms with Gasteiger partial charge in [-0.25, -0.2) is 0 Å². The third-order valence-corrected chi connectivity index (χ3v) is 14.5. The van der Waals surface area contributed by atoms with Crippen LogP contribution in [0.2, 0.25) is 0 Å². The third kappa shape index (κ3) is 4.75. The Kier molecular flexibility index (Phi) is 7.44. The highest BCUT2D eigenvalue weighted by molar-refractivity contribution is 6.15. The highest BCUT2D eigenvalue weighted by atomic mass is 15.1. The Labute approximate surface area is 353 Å². The van der Waals surface area contributed by atoms with Gasteiger partial charge < -0.3 is 4.90 Å². The molecular weight excluding hydrogens is 723 g/mol. The van der Waals surface area contributed by atoms with Crippen molar-refractivity contribution in [1.82, 2.24) is 0 Å². The van der Waals surface area contributed by atoms with Crippen molar-refractivity contribution >= 4 is 38.6 Å². The largest absolute Gasteiger partial charge is 0.309 e. The Hall–Kier alpha value is -6.70. The first kappa shape index (κ1) is 35.3. The van der Waals surface area contributed by atoms with Crippen LogP contribution < -0.4 is 4.90 Å². The van der Waals surface area contributed by atoms with E-state index in [1.807, 2.05) is 0 Å². The van der Waals surface area contributed by atoms with Gasteiger partial charge in [0.15, 0.2) is 0 Å². The number of nitrogens with zero attached hydrogens (tertiary/aromatic N) is 1. The molecule has 3 aliphatic rings. The first-order chi connectivity index (χ1) is 29.3. The Morgan fingerprint density at radius 3 is 1.55 bits per heavy atom. The minimum atomic E-state index is -0.475. The monoisotopic (exact) mass is 769 g/mol. The molecule has 0 bridgehead atoms. The minimum absolute atomic E-state index is 0.00653. The van der Waals surface area contributed by atoms with Crippen molar-refractivity contribution in [3.05, 3.63) is 221 Å². The van der Waals surface area contributed by atoms with Crippen LogP contribution in [0.15, 0.2) is 188 Å². The molecule has 3 aliphatic carbocycles. The number of rotatable bonds is 4. The molecule has 0 N–H and O–H groups in total. The van der Waals surface area contributed by atoms with Gasteiger partial charge in [0.05, 0.1) is 16.8 Å². The van der Waals surface area contributed by atoms with Crippen LogP contribution in [0.4, 0.5) is 17.1 Å². The quantitative estimate of drug-likeness (QED) is 0.161. The molecule has 12 rings (SSSR count). The molecule has 1 nitrogen and oxygen atoms in total. The maximum Gasteiger partial charge on any atom is 0.0726 e. The van der Waals surface area contributed by atoms with E-state index in [1.54, 1.807) is 0 Å². The van der Waals surface area contributed by atoms with Crippen LogP contribution in [-0.2, 0) is 16.2 Å². The molecule has 9 aromatic carbocycles. The molecule has 1 heteroatoms. The van der Waals surface area contributed by atoms with E-state index in [-0.39, 0.29) is 10.8 Å². The summed E-state index contributed by atoms with van der Waals surface area (Å²) in [6, 6.07) is 71.3. The Bertz CT molecular complexity index is 3170. The van der Waals surface area contributed by atoms with Gasteiger partial charge in [0, 0.05) is 16.6 Å². The number of fused-ring (bicyclic) bond motifs is 14. The second kappa shape index (κ2) is 12.7. The molecule has 0 radical (unpaired) electrons. The fourth-order valence-corrected chi connectivity index (χ4v) is 11.7. The molecule has 0 amide bonds. The van der Waals surface area contributed by atoms with E-state index in [1.165, 1.54) is 106 Å². The van der Waals surface area contributed by atoms with E-state index >= 15 is 0 Å². The van der Waals surface area contributed by atoms with Gasteiger partial charge in [0.25, 0.3) is 0 Å². The summed E-state index contributed by atoms with van der Waals surface area (Å²) >= 11 is 0.